The van der Waals surface area contributed by atoms with E-state index in [0.717, 1.165) is 12.0 Å². The maximum Gasteiger partial charge on any atom is 0.214 e. The summed E-state index contributed by atoms with van der Waals surface area (Å²) in [6.07, 6.45) is 2.75. The van der Waals surface area contributed by atoms with Crippen LogP contribution in [0.5, 0.6) is 5.88 Å². The topological polar surface area (TPSA) is 33.1 Å². The summed E-state index contributed by atoms with van der Waals surface area (Å²) in [4.78, 5) is 3.95. The number of hydrogen-bond acceptors (Lipinski definition) is 2. The monoisotopic (exact) mass is 179 g/mol. The highest BCUT2D eigenvalue weighted by atomic mass is 16.3. The smallest absolute Gasteiger partial charge is 0.214 e. The van der Waals surface area contributed by atoms with Crippen LogP contribution in [0.1, 0.15) is 43.4 Å². The van der Waals surface area contributed by atoms with Gasteiger partial charge in [-0.2, -0.15) is 0 Å². The van der Waals surface area contributed by atoms with Crippen LogP contribution >= 0.6 is 0 Å². The third kappa shape index (κ3) is 1.82. The predicted molar refractivity (Wildman–Crippen MR) is 54.1 cm³/mol. The summed E-state index contributed by atoms with van der Waals surface area (Å²) in [6.45, 7) is 8.32. The molecule has 0 aliphatic rings. The summed E-state index contributed by atoms with van der Waals surface area (Å²) in [7, 11) is 0. The van der Waals surface area contributed by atoms with Crippen LogP contribution in [0.4, 0.5) is 0 Å². The Labute approximate surface area is 79.6 Å². The van der Waals surface area contributed by atoms with Gasteiger partial charge in [0.1, 0.15) is 0 Å². The second kappa shape index (κ2) is 3.77. The SMILES string of the molecule is CCc1cnc(O)c(C)c1C(C)C. The van der Waals surface area contributed by atoms with Gasteiger partial charge < -0.3 is 5.11 Å². The molecule has 1 aromatic rings. The summed E-state index contributed by atoms with van der Waals surface area (Å²) in [6, 6.07) is 0. The van der Waals surface area contributed by atoms with Gasteiger partial charge in [0.25, 0.3) is 0 Å². The number of rotatable bonds is 2. The second-order valence-corrected chi connectivity index (χ2v) is 3.65. The Morgan fingerprint density at radius 2 is 2.08 bits per heavy atom. The van der Waals surface area contributed by atoms with Crippen molar-refractivity contribution in [2.75, 3.05) is 0 Å². The summed E-state index contributed by atoms with van der Waals surface area (Å²) >= 11 is 0. The van der Waals surface area contributed by atoms with Crippen LogP contribution in [0.25, 0.3) is 0 Å². The minimum Gasteiger partial charge on any atom is -0.493 e. The van der Waals surface area contributed by atoms with E-state index in [9.17, 15) is 5.11 Å². The first-order valence-corrected chi connectivity index (χ1v) is 4.75. The molecule has 0 saturated heterocycles. The zero-order valence-electron chi connectivity index (χ0n) is 8.76. The highest BCUT2D eigenvalue weighted by molar-refractivity contribution is 5.40. The van der Waals surface area contributed by atoms with Gasteiger partial charge in [-0.15, -0.1) is 0 Å². The summed E-state index contributed by atoms with van der Waals surface area (Å²) < 4.78 is 0. The molecule has 0 aliphatic heterocycles. The van der Waals surface area contributed by atoms with Gasteiger partial charge in [0.2, 0.25) is 5.88 Å². The summed E-state index contributed by atoms with van der Waals surface area (Å²) in [5.41, 5.74) is 3.41. The van der Waals surface area contributed by atoms with Crippen molar-refractivity contribution < 1.29 is 5.11 Å². The molecule has 0 unspecified atom stereocenters. The molecule has 0 atom stereocenters. The largest absolute Gasteiger partial charge is 0.493 e. The Morgan fingerprint density at radius 1 is 1.46 bits per heavy atom. The van der Waals surface area contributed by atoms with Crippen molar-refractivity contribution in [3.63, 3.8) is 0 Å². The van der Waals surface area contributed by atoms with Crippen molar-refractivity contribution >= 4 is 0 Å². The standard InChI is InChI=1S/C11H17NO/c1-5-9-6-12-11(13)8(4)10(9)7(2)3/h6-7H,5H2,1-4H3,(H,12,13). The molecule has 0 amide bonds. The number of aryl methyl sites for hydroxylation is 1. The predicted octanol–water partition coefficient (Wildman–Crippen LogP) is 2.78. The van der Waals surface area contributed by atoms with Crippen molar-refractivity contribution in [3.8, 4) is 5.88 Å². The van der Waals surface area contributed by atoms with Gasteiger partial charge >= 0.3 is 0 Å². The zero-order valence-corrected chi connectivity index (χ0v) is 8.76. The molecule has 13 heavy (non-hydrogen) atoms. The van der Waals surface area contributed by atoms with E-state index in [1.807, 2.05) is 6.92 Å². The minimum absolute atomic E-state index is 0.167. The van der Waals surface area contributed by atoms with Gasteiger partial charge in [-0.05, 0) is 30.4 Å². The number of hydrogen-bond donors (Lipinski definition) is 1. The summed E-state index contributed by atoms with van der Waals surface area (Å²) in [5.74, 6) is 0.616. The molecule has 72 valence electrons. The van der Waals surface area contributed by atoms with Gasteiger partial charge in [0, 0.05) is 11.8 Å². The van der Waals surface area contributed by atoms with Crippen LogP contribution < -0.4 is 0 Å². The van der Waals surface area contributed by atoms with Gasteiger partial charge in [-0.1, -0.05) is 20.8 Å². The molecule has 1 heterocycles. The fourth-order valence-corrected chi connectivity index (χ4v) is 1.75. The van der Waals surface area contributed by atoms with E-state index < -0.39 is 0 Å². The van der Waals surface area contributed by atoms with Crippen molar-refractivity contribution in [2.24, 2.45) is 0 Å². The Balaban J connectivity index is 3.32. The lowest BCUT2D eigenvalue weighted by atomic mass is 9.93. The van der Waals surface area contributed by atoms with E-state index in [-0.39, 0.29) is 5.88 Å². The quantitative estimate of drug-likeness (QED) is 0.757. The van der Waals surface area contributed by atoms with Crippen molar-refractivity contribution in [3.05, 3.63) is 22.9 Å². The second-order valence-electron chi connectivity index (χ2n) is 3.65. The molecule has 0 radical (unpaired) electrons. The van der Waals surface area contributed by atoms with Gasteiger partial charge in [-0.3, -0.25) is 0 Å². The van der Waals surface area contributed by atoms with Crippen LogP contribution in [0.3, 0.4) is 0 Å². The van der Waals surface area contributed by atoms with Crippen LogP contribution in [0.15, 0.2) is 6.20 Å². The molecule has 2 nitrogen and oxygen atoms in total. The van der Waals surface area contributed by atoms with Crippen LogP contribution in [-0.2, 0) is 6.42 Å². The summed E-state index contributed by atoms with van der Waals surface area (Å²) in [5, 5.41) is 9.46. The molecule has 1 N–H and O–H groups in total. The molecular weight excluding hydrogens is 162 g/mol. The Kier molecular flexibility index (Phi) is 2.91. The first-order valence-electron chi connectivity index (χ1n) is 4.75. The van der Waals surface area contributed by atoms with Gasteiger partial charge in [0.05, 0.1) is 0 Å². The first-order chi connectivity index (χ1) is 6.07. The van der Waals surface area contributed by atoms with E-state index in [0.29, 0.717) is 5.92 Å². The van der Waals surface area contributed by atoms with E-state index in [1.54, 1.807) is 6.20 Å². The molecule has 1 aromatic heterocycles. The van der Waals surface area contributed by atoms with Crippen LogP contribution in [0.2, 0.25) is 0 Å². The van der Waals surface area contributed by atoms with Crippen LogP contribution in [-0.4, -0.2) is 10.1 Å². The lowest BCUT2D eigenvalue weighted by molar-refractivity contribution is 0.446. The third-order valence-electron chi connectivity index (χ3n) is 2.39. The Morgan fingerprint density at radius 3 is 2.54 bits per heavy atom. The maximum absolute atomic E-state index is 9.46. The molecular formula is C11H17NO. The number of aromatic hydroxyl groups is 1. The molecule has 1 rings (SSSR count). The van der Waals surface area contributed by atoms with Crippen molar-refractivity contribution in [1.29, 1.82) is 0 Å². The Bertz CT molecular complexity index is 305. The van der Waals surface area contributed by atoms with E-state index >= 15 is 0 Å². The highest BCUT2D eigenvalue weighted by Crippen LogP contribution is 2.27. The lowest BCUT2D eigenvalue weighted by Crippen LogP contribution is -2.00. The molecule has 0 fully saturated rings. The highest BCUT2D eigenvalue weighted by Gasteiger charge is 2.12. The molecule has 0 saturated carbocycles. The Hall–Kier alpha value is -1.05. The first kappa shape index (κ1) is 10.0. The zero-order chi connectivity index (χ0) is 10.0. The van der Waals surface area contributed by atoms with Gasteiger partial charge in [0.15, 0.2) is 0 Å². The maximum atomic E-state index is 9.46. The van der Waals surface area contributed by atoms with E-state index in [4.69, 9.17) is 0 Å². The minimum atomic E-state index is 0.167. The molecule has 0 aliphatic carbocycles. The van der Waals surface area contributed by atoms with E-state index in [2.05, 4.69) is 25.8 Å². The average Bonchev–Trinajstić information content (AvgIpc) is 2.08. The fourth-order valence-electron chi connectivity index (χ4n) is 1.75. The van der Waals surface area contributed by atoms with Gasteiger partial charge in [-0.25, -0.2) is 4.98 Å². The average molecular weight is 179 g/mol. The van der Waals surface area contributed by atoms with Crippen molar-refractivity contribution in [1.82, 2.24) is 4.98 Å². The number of nitrogens with zero attached hydrogens (tertiary/aromatic N) is 1. The van der Waals surface area contributed by atoms with Crippen molar-refractivity contribution in [2.45, 2.75) is 40.0 Å². The lowest BCUT2D eigenvalue weighted by Gasteiger charge is -2.14. The molecule has 2 heteroatoms. The number of pyridine rings is 1. The molecule has 0 spiro atoms. The van der Waals surface area contributed by atoms with Crippen LogP contribution in [0, 0.1) is 6.92 Å². The fraction of sp³-hybridized carbons (Fsp3) is 0.545. The number of aromatic nitrogens is 1. The molecule has 0 aromatic carbocycles. The molecule has 0 bridgehead atoms. The third-order valence-corrected chi connectivity index (χ3v) is 2.39. The normalized spacial score (nSPS) is 10.8. The van der Waals surface area contributed by atoms with E-state index in [1.165, 1.54) is 11.1 Å².